The van der Waals surface area contributed by atoms with Crippen molar-refractivity contribution in [3.63, 3.8) is 0 Å². The summed E-state index contributed by atoms with van der Waals surface area (Å²) in [6.07, 6.45) is 12.3. The fourth-order valence-corrected chi connectivity index (χ4v) is 3.91. The lowest BCUT2D eigenvalue weighted by molar-refractivity contribution is -0.139. The van der Waals surface area contributed by atoms with Crippen LogP contribution in [0.25, 0.3) is 0 Å². The van der Waals surface area contributed by atoms with Crippen LogP contribution < -0.4 is 5.32 Å². The Morgan fingerprint density at radius 3 is 1.25 bits per heavy atom. The Balaban J connectivity index is 4.45. The summed E-state index contributed by atoms with van der Waals surface area (Å²) in [5.41, 5.74) is -1.13. The highest BCUT2D eigenvalue weighted by Crippen LogP contribution is 2.26. The van der Waals surface area contributed by atoms with Gasteiger partial charge in [-0.05, 0) is 25.7 Å². The van der Waals surface area contributed by atoms with Gasteiger partial charge in [0.15, 0.2) is 0 Å². The minimum atomic E-state index is -1.13. The van der Waals surface area contributed by atoms with Gasteiger partial charge in [0.1, 0.15) is 0 Å². The molecule has 0 fully saturated rings. The molecule has 8 nitrogen and oxygen atoms in total. The van der Waals surface area contributed by atoms with Gasteiger partial charge in [-0.25, -0.2) is 0 Å². The number of rotatable bonds is 22. The molecule has 0 heterocycles. The Hall–Kier alpha value is -2.12. The fraction of sp³-hybridized carbons (Fsp3) is 0.833. The van der Waals surface area contributed by atoms with Gasteiger partial charge in [0.25, 0.3) is 0 Å². The molecule has 8 heteroatoms. The second-order valence-corrected chi connectivity index (χ2v) is 8.80. The van der Waals surface area contributed by atoms with Crippen LogP contribution in [0, 0.1) is 0 Å². The van der Waals surface area contributed by atoms with Crippen molar-refractivity contribution in [1.82, 2.24) is 5.32 Å². The molecule has 0 aliphatic carbocycles. The number of carboxylic acids is 3. The van der Waals surface area contributed by atoms with Crippen LogP contribution in [0.1, 0.15) is 122 Å². The average molecular weight is 458 g/mol. The molecule has 0 spiro atoms. The molecule has 0 bridgehead atoms. The molecule has 0 saturated carbocycles. The molecule has 186 valence electrons. The molecular formula is C24H43NO7. The number of aliphatic carboxylic acids is 3. The van der Waals surface area contributed by atoms with Crippen LogP contribution in [0.3, 0.4) is 0 Å². The van der Waals surface area contributed by atoms with Crippen molar-refractivity contribution >= 4 is 23.8 Å². The standard InChI is InChI=1S/C24H43NO7/c1-2-3-4-5-6-7-8-9-10-11-12-13-20(26)25-24(17-14-21(27)28,18-15-22(29)30)19-16-23(31)32/h2-19H2,1H3,(H,25,26)(H,27,28)(H,29,30)(H,31,32). The number of amides is 1. The molecule has 0 radical (unpaired) electrons. The van der Waals surface area contributed by atoms with E-state index in [0.29, 0.717) is 6.42 Å². The molecule has 1 amide bonds. The summed E-state index contributed by atoms with van der Waals surface area (Å²) in [4.78, 5) is 45.6. The van der Waals surface area contributed by atoms with Gasteiger partial charge in [0.2, 0.25) is 5.91 Å². The summed E-state index contributed by atoms with van der Waals surface area (Å²) in [7, 11) is 0. The number of hydrogen-bond donors (Lipinski definition) is 4. The lowest BCUT2D eigenvalue weighted by Crippen LogP contribution is -2.49. The number of carbonyl (C=O) groups excluding carboxylic acids is 1. The first-order chi connectivity index (χ1) is 15.2. The monoisotopic (exact) mass is 457 g/mol. The van der Waals surface area contributed by atoms with Gasteiger partial charge in [0, 0.05) is 31.2 Å². The normalized spacial score (nSPS) is 11.3. The first-order valence-electron chi connectivity index (χ1n) is 12.2. The second kappa shape index (κ2) is 18.5. The van der Waals surface area contributed by atoms with E-state index in [-0.39, 0.29) is 50.9 Å². The summed E-state index contributed by atoms with van der Waals surface area (Å²) in [6.45, 7) is 2.21. The summed E-state index contributed by atoms with van der Waals surface area (Å²) in [6, 6.07) is 0. The molecule has 0 unspecified atom stereocenters. The molecule has 0 aromatic rings. The average Bonchev–Trinajstić information content (AvgIpc) is 2.73. The molecular weight excluding hydrogens is 414 g/mol. The van der Waals surface area contributed by atoms with Gasteiger partial charge in [-0.3, -0.25) is 19.2 Å². The molecule has 32 heavy (non-hydrogen) atoms. The summed E-state index contributed by atoms with van der Waals surface area (Å²) in [5, 5.41) is 29.9. The van der Waals surface area contributed by atoms with E-state index in [1.54, 1.807) is 0 Å². The molecule has 0 aromatic heterocycles. The van der Waals surface area contributed by atoms with Crippen LogP contribution in [0.4, 0.5) is 0 Å². The highest BCUT2D eigenvalue weighted by molar-refractivity contribution is 5.77. The van der Waals surface area contributed by atoms with Crippen molar-refractivity contribution in [2.75, 3.05) is 0 Å². The van der Waals surface area contributed by atoms with Gasteiger partial charge in [-0.2, -0.15) is 0 Å². The Kier molecular flexibility index (Phi) is 17.2. The third-order valence-corrected chi connectivity index (χ3v) is 5.86. The minimum Gasteiger partial charge on any atom is -0.481 e. The number of hydrogen-bond acceptors (Lipinski definition) is 4. The van der Waals surface area contributed by atoms with Crippen LogP contribution in [-0.2, 0) is 19.2 Å². The Bertz CT molecular complexity index is 517. The Labute approximate surface area is 192 Å². The third-order valence-electron chi connectivity index (χ3n) is 5.86. The van der Waals surface area contributed by atoms with E-state index in [4.69, 9.17) is 15.3 Å². The summed E-state index contributed by atoms with van der Waals surface area (Å²) in [5.74, 6) is -3.49. The van der Waals surface area contributed by atoms with E-state index in [1.165, 1.54) is 44.9 Å². The van der Waals surface area contributed by atoms with Crippen LogP contribution in [-0.4, -0.2) is 44.7 Å². The van der Waals surface area contributed by atoms with Crippen molar-refractivity contribution in [3.05, 3.63) is 0 Å². The van der Waals surface area contributed by atoms with E-state index < -0.39 is 23.4 Å². The maximum Gasteiger partial charge on any atom is 0.303 e. The highest BCUT2D eigenvalue weighted by Gasteiger charge is 2.33. The van der Waals surface area contributed by atoms with E-state index >= 15 is 0 Å². The summed E-state index contributed by atoms with van der Waals surface area (Å²) < 4.78 is 0. The zero-order valence-corrected chi connectivity index (χ0v) is 19.7. The lowest BCUT2D eigenvalue weighted by atomic mass is 9.83. The zero-order chi connectivity index (χ0) is 24.2. The van der Waals surface area contributed by atoms with Crippen molar-refractivity contribution in [3.8, 4) is 0 Å². The highest BCUT2D eigenvalue weighted by atomic mass is 16.4. The van der Waals surface area contributed by atoms with Crippen LogP contribution in [0.5, 0.6) is 0 Å². The fourth-order valence-electron chi connectivity index (χ4n) is 3.91. The van der Waals surface area contributed by atoms with E-state index in [1.807, 2.05) is 0 Å². The van der Waals surface area contributed by atoms with Crippen molar-refractivity contribution in [2.24, 2.45) is 0 Å². The van der Waals surface area contributed by atoms with Gasteiger partial charge < -0.3 is 20.6 Å². The minimum absolute atomic E-state index is 0.00683. The van der Waals surface area contributed by atoms with Crippen molar-refractivity contribution in [1.29, 1.82) is 0 Å². The van der Waals surface area contributed by atoms with Crippen LogP contribution in [0.2, 0.25) is 0 Å². The van der Waals surface area contributed by atoms with Crippen LogP contribution in [0.15, 0.2) is 0 Å². The second-order valence-electron chi connectivity index (χ2n) is 8.80. The smallest absolute Gasteiger partial charge is 0.303 e. The lowest BCUT2D eigenvalue weighted by Gasteiger charge is -2.34. The predicted molar refractivity (Wildman–Crippen MR) is 123 cm³/mol. The number of carbonyl (C=O) groups is 4. The zero-order valence-electron chi connectivity index (χ0n) is 19.7. The van der Waals surface area contributed by atoms with Gasteiger partial charge in [-0.15, -0.1) is 0 Å². The third kappa shape index (κ3) is 17.5. The topological polar surface area (TPSA) is 141 Å². The first kappa shape index (κ1) is 29.9. The number of unbranched alkanes of at least 4 members (excludes halogenated alkanes) is 10. The number of nitrogens with one attached hydrogen (secondary N) is 1. The molecule has 0 rings (SSSR count). The van der Waals surface area contributed by atoms with E-state index in [2.05, 4.69) is 12.2 Å². The first-order valence-corrected chi connectivity index (χ1v) is 12.2. The molecule has 0 saturated heterocycles. The maximum atomic E-state index is 12.5. The predicted octanol–water partition coefficient (Wildman–Crippen LogP) is 5.14. The largest absolute Gasteiger partial charge is 0.481 e. The molecule has 0 aliphatic heterocycles. The molecule has 0 atom stereocenters. The van der Waals surface area contributed by atoms with Gasteiger partial charge in [-0.1, -0.05) is 71.1 Å². The Morgan fingerprint density at radius 1 is 0.562 bits per heavy atom. The quantitative estimate of drug-likeness (QED) is 0.165. The van der Waals surface area contributed by atoms with E-state index in [9.17, 15) is 19.2 Å². The number of carboxylic acid groups (broad SMARTS) is 3. The summed E-state index contributed by atoms with van der Waals surface area (Å²) >= 11 is 0. The Morgan fingerprint density at radius 2 is 0.906 bits per heavy atom. The maximum absolute atomic E-state index is 12.5. The van der Waals surface area contributed by atoms with Gasteiger partial charge in [0.05, 0.1) is 0 Å². The van der Waals surface area contributed by atoms with Crippen molar-refractivity contribution in [2.45, 2.75) is 128 Å². The van der Waals surface area contributed by atoms with Crippen LogP contribution >= 0.6 is 0 Å². The SMILES string of the molecule is CCCCCCCCCCCCCC(=O)NC(CCC(=O)O)(CCC(=O)O)CCC(=O)O. The van der Waals surface area contributed by atoms with E-state index in [0.717, 1.165) is 19.3 Å². The molecule has 4 N–H and O–H groups in total. The van der Waals surface area contributed by atoms with Gasteiger partial charge >= 0.3 is 17.9 Å². The molecule has 0 aromatic carbocycles. The van der Waals surface area contributed by atoms with Crippen molar-refractivity contribution < 1.29 is 34.5 Å². The molecule has 0 aliphatic rings.